The second kappa shape index (κ2) is 10.3. The smallest absolute Gasteiger partial charge is 0.338 e. The van der Waals surface area contributed by atoms with E-state index < -0.39 is 11.9 Å². The summed E-state index contributed by atoms with van der Waals surface area (Å²) in [5.74, 6) is -0.890. The maximum atomic E-state index is 12.4. The average Bonchev–Trinajstić information content (AvgIpc) is 2.70. The van der Waals surface area contributed by atoms with Crippen molar-refractivity contribution in [2.75, 3.05) is 18.5 Å². The molecule has 0 saturated heterocycles. The number of nitrogens with zero attached hydrogens (tertiary/aromatic N) is 1. The number of nitrogens with one attached hydrogen (secondary N) is 1. The number of hydrogen-bond donors (Lipinski definition) is 2. The van der Waals surface area contributed by atoms with E-state index in [4.69, 9.17) is 9.47 Å². The van der Waals surface area contributed by atoms with E-state index in [1.807, 2.05) is 6.07 Å². The highest BCUT2D eigenvalue weighted by Crippen LogP contribution is 2.36. The number of rotatable bonds is 7. The number of anilines is 1. The lowest BCUT2D eigenvalue weighted by molar-refractivity contribution is -0.112. The van der Waals surface area contributed by atoms with Crippen molar-refractivity contribution >= 4 is 39.6 Å². The second-order valence-corrected chi connectivity index (χ2v) is 6.56. The predicted molar refractivity (Wildman–Crippen MR) is 112 cm³/mol. The summed E-state index contributed by atoms with van der Waals surface area (Å²) in [7, 11) is 0. The summed E-state index contributed by atoms with van der Waals surface area (Å²) < 4.78 is 10.6. The van der Waals surface area contributed by atoms with Crippen LogP contribution in [-0.4, -0.2) is 30.2 Å². The van der Waals surface area contributed by atoms with Gasteiger partial charge in [0.2, 0.25) is 0 Å². The van der Waals surface area contributed by atoms with Crippen molar-refractivity contribution in [3.05, 3.63) is 57.6 Å². The van der Waals surface area contributed by atoms with Crippen molar-refractivity contribution in [2.24, 2.45) is 0 Å². The minimum absolute atomic E-state index is 0.0614. The molecule has 0 radical (unpaired) electrons. The Morgan fingerprint density at radius 1 is 1.21 bits per heavy atom. The van der Waals surface area contributed by atoms with Crippen LogP contribution in [0.1, 0.15) is 29.8 Å². The number of halogens is 1. The molecular formula is C21H19BrN2O5. The van der Waals surface area contributed by atoms with Crippen LogP contribution in [0.5, 0.6) is 11.5 Å². The van der Waals surface area contributed by atoms with Gasteiger partial charge in [0.1, 0.15) is 11.6 Å². The second-order valence-electron chi connectivity index (χ2n) is 5.70. The van der Waals surface area contributed by atoms with Crippen LogP contribution in [-0.2, 0) is 9.53 Å². The van der Waals surface area contributed by atoms with Crippen LogP contribution in [0.3, 0.4) is 0 Å². The predicted octanol–water partition coefficient (Wildman–Crippen LogP) is 4.28. The molecule has 0 fully saturated rings. The van der Waals surface area contributed by atoms with Gasteiger partial charge in [0.15, 0.2) is 11.5 Å². The first-order chi connectivity index (χ1) is 13.9. The summed E-state index contributed by atoms with van der Waals surface area (Å²) in [5, 5.41) is 22.0. The normalized spacial score (nSPS) is 10.8. The van der Waals surface area contributed by atoms with Gasteiger partial charge in [-0.15, -0.1) is 0 Å². The third-order valence-electron chi connectivity index (χ3n) is 3.68. The molecule has 0 saturated carbocycles. The summed E-state index contributed by atoms with van der Waals surface area (Å²) >= 11 is 3.22. The maximum absolute atomic E-state index is 12.4. The zero-order valence-corrected chi connectivity index (χ0v) is 17.4. The number of nitriles is 1. The van der Waals surface area contributed by atoms with Crippen LogP contribution in [0, 0.1) is 11.3 Å². The number of carbonyl (C=O) groups is 2. The Hall–Kier alpha value is -3.31. The Balaban J connectivity index is 2.21. The largest absolute Gasteiger partial charge is 0.503 e. The molecule has 29 heavy (non-hydrogen) atoms. The molecule has 0 aliphatic heterocycles. The van der Waals surface area contributed by atoms with Crippen LogP contribution >= 0.6 is 15.9 Å². The molecule has 1 amide bonds. The van der Waals surface area contributed by atoms with Gasteiger partial charge in [-0.25, -0.2) is 4.79 Å². The van der Waals surface area contributed by atoms with E-state index in [0.717, 1.165) is 0 Å². The highest BCUT2D eigenvalue weighted by Gasteiger charge is 2.13. The van der Waals surface area contributed by atoms with Gasteiger partial charge in [0, 0.05) is 5.69 Å². The highest BCUT2D eigenvalue weighted by molar-refractivity contribution is 9.10. The molecule has 0 bridgehead atoms. The van der Waals surface area contributed by atoms with Gasteiger partial charge in [-0.3, -0.25) is 4.79 Å². The molecule has 0 aliphatic rings. The van der Waals surface area contributed by atoms with Crippen LogP contribution in [0.15, 0.2) is 46.4 Å². The Kier molecular flexibility index (Phi) is 7.80. The molecular weight excluding hydrogens is 440 g/mol. The first kappa shape index (κ1) is 22.0. The molecule has 2 N–H and O–H groups in total. The minimum atomic E-state index is -0.612. The molecule has 0 heterocycles. The van der Waals surface area contributed by atoms with E-state index in [1.165, 1.54) is 24.3 Å². The fraction of sp³-hybridized carbons (Fsp3) is 0.190. The molecule has 8 heteroatoms. The Bertz CT molecular complexity index is 978. The van der Waals surface area contributed by atoms with E-state index in [0.29, 0.717) is 27.9 Å². The zero-order valence-electron chi connectivity index (χ0n) is 15.9. The van der Waals surface area contributed by atoms with Gasteiger partial charge < -0.3 is 19.9 Å². The van der Waals surface area contributed by atoms with Gasteiger partial charge in [-0.1, -0.05) is 0 Å². The summed E-state index contributed by atoms with van der Waals surface area (Å²) in [6.07, 6.45) is 1.38. The monoisotopic (exact) mass is 458 g/mol. The van der Waals surface area contributed by atoms with E-state index in [9.17, 15) is 20.0 Å². The van der Waals surface area contributed by atoms with Gasteiger partial charge >= 0.3 is 5.97 Å². The highest BCUT2D eigenvalue weighted by atomic mass is 79.9. The number of benzene rings is 2. The average molecular weight is 459 g/mol. The number of carbonyl (C=O) groups excluding carboxylic acids is 2. The summed E-state index contributed by atoms with van der Waals surface area (Å²) in [5.41, 5.74) is 1.14. The number of hydrogen-bond acceptors (Lipinski definition) is 6. The number of amides is 1. The maximum Gasteiger partial charge on any atom is 0.338 e. The lowest BCUT2D eigenvalue weighted by Crippen LogP contribution is -2.13. The van der Waals surface area contributed by atoms with Crippen molar-refractivity contribution < 1.29 is 24.2 Å². The van der Waals surface area contributed by atoms with Crippen molar-refractivity contribution in [3.8, 4) is 17.6 Å². The fourth-order valence-electron chi connectivity index (χ4n) is 2.36. The Labute approximate surface area is 176 Å². The molecule has 2 aromatic rings. The summed E-state index contributed by atoms with van der Waals surface area (Å²) in [4.78, 5) is 24.1. The zero-order chi connectivity index (χ0) is 21.4. The van der Waals surface area contributed by atoms with E-state index in [1.54, 1.807) is 32.0 Å². The molecule has 150 valence electrons. The van der Waals surface area contributed by atoms with E-state index in [-0.39, 0.29) is 23.7 Å². The molecule has 0 atom stereocenters. The molecule has 2 rings (SSSR count). The molecule has 0 unspecified atom stereocenters. The number of esters is 1. The third kappa shape index (κ3) is 5.83. The third-order valence-corrected chi connectivity index (χ3v) is 4.29. The van der Waals surface area contributed by atoms with Crippen LogP contribution < -0.4 is 10.1 Å². The van der Waals surface area contributed by atoms with Crippen molar-refractivity contribution in [1.29, 1.82) is 5.26 Å². The number of phenolic OH excluding ortho intramolecular Hbond substituents is 1. The van der Waals surface area contributed by atoms with Crippen LogP contribution in [0.25, 0.3) is 6.08 Å². The van der Waals surface area contributed by atoms with Crippen molar-refractivity contribution in [2.45, 2.75) is 13.8 Å². The van der Waals surface area contributed by atoms with Crippen molar-refractivity contribution in [1.82, 2.24) is 0 Å². The van der Waals surface area contributed by atoms with Gasteiger partial charge in [0.25, 0.3) is 5.91 Å². The minimum Gasteiger partial charge on any atom is -0.503 e. The van der Waals surface area contributed by atoms with Crippen LogP contribution in [0.2, 0.25) is 0 Å². The Morgan fingerprint density at radius 2 is 1.90 bits per heavy atom. The van der Waals surface area contributed by atoms with Crippen molar-refractivity contribution in [3.63, 3.8) is 0 Å². The number of ether oxygens (including phenoxy) is 2. The quantitative estimate of drug-likeness (QED) is 0.364. The first-order valence-electron chi connectivity index (χ1n) is 8.75. The first-order valence-corrected chi connectivity index (χ1v) is 9.54. The molecule has 0 spiro atoms. The SMILES string of the molecule is CCOC(=O)c1ccc(NC(=O)C(C#N)=Cc2cc(Br)c(O)c(OCC)c2)cc1. The fourth-order valence-corrected chi connectivity index (χ4v) is 2.82. The molecule has 0 aromatic heterocycles. The summed E-state index contributed by atoms with van der Waals surface area (Å²) in [6, 6.07) is 11.1. The molecule has 0 aliphatic carbocycles. The Morgan fingerprint density at radius 3 is 2.48 bits per heavy atom. The van der Waals surface area contributed by atoms with Crippen LogP contribution in [0.4, 0.5) is 5.69 Å². The standard InChI is InChI=1S/C21H19BrN2O5/c1-3-28-18-11-13(10-17(22)19(18)25)9-15(12-23)20(26)24-16-7-5-14(6-8-16)21(27)29-4-2/h5-11,25H,3-4H2,1-2H3,(H,24,26). The van der Waals surface area contributed by atoms with Gasteiger partial charge in [-0.05, 0) is 77.8 Å². The van der Waals surface area contributed by atoms with Gasteiger partial charge in [-0.2, -0.15) is 5.26 Å². The topological polar surface area (TPSA) is 109 Å². The van der Waals surface area contributed by atoms with E-state index >= 15 is 0 Å². The lowest BCUT2D eigenvalue weighted by Gasteiger charge is -2.09. The lowest BCUT2D eigenvalue weighted by atomic mass is 10.1. The summed E-state index contributed by atoms with van der Waals surface area (Å²) in [6.45, 7) is 4.11. The number of aromatic hydroxyl groups is 1. The molecule has 7 nitrogen and oxygen atoms in total. The number of phenols is 1. The van der Waals surface area contributed by atoms with E-state index in [2.05, 4.69) is 21.2 Å². The molecule has 2 aromatic carbocycles. The van der Waals surface area contributed by atoms with Gasteiger partial charge in [0.05, 0.1) is 23.2 Å².